The largest absolute Gasteiger partial charge is 0.378 e. The summed E-state index contributed by atoms with van der Waals surface area (Å²) in [6.45, 7) is 4.02. The van der Waals surface area contributed by atoms with Gasteiger partial charge < -0.3 is 15.4 Å². The molecule has 3 rings (SSSR count). The predicted molar refractivity (Wildman–Crippen MR) is 91.7 cm³/mol. The maximum Gasteiger partial charge on any atom is 0.191 e. The molecule has 4 nitrogen and oxygen atoms in total. The first kappa shape index (κ1) is 15.6. The van der Waals surface area contributed by atoms with Crippen molar-refractivity contribution in [2.75, 3.05) is 32.8 Å². The van der Waals surface area contributed by atoms with Gasteiger partial charge in [0.2, 0.25) is 0 Å². The van der Waals surface area contributed by atoms with Crippen LogP contribution in [0.4, 0.5) is 0 Å². The molecule has 0 radical (unpaired) electrons. The maximum atomic E-state index is 6.08. The van der Waals surface area contributed by atoms with Gasteiger partial charge in [0, 0.05) is 18.5 Å². The third-order valence-electron chi connectivity index (χ3n) is 4.12. The highest BCUT2D eigenvalue weighted by Gasteiger charge is 2.44. The number of rotatable bonds is 3. The van der Waals surface area contributed by atoms with Gasteiger partial charge >= 0.3 is 0 Å². The molecular formula is C15H22IN3O. The topological polar surface area (TPSA) is 50.8 Å². The van der Waals surface area contributed by atoms with Gasteiger partial charge in [0.15, 0.2) is 5.96 Å². The Balaban J connectivity index is 0.00000147. The Bertz CT molecular complexity index is 453. The minimum absolute atomic E-state index is 0. The second-order valence-corrected chi connectivity index (χ2v) is 5.42. The first-order valence-electron chi connectivity index (χ1n) is 6.98. The van der Waals surface area contributed by atoms with E-state index in [1.165, 1.54) is 18.4 Å². The van der Waals surface area contributed by atoms with Crippen molar-refractivity contribution in [2.45, 2.75) is 18.3 Å². The lowest BCUT2D eigenvalue weighted by Gasteiger charge is -2.28. The number of hydrogen-bond donors (Lipinski definition) is 1. The van der Waals surface area contributed by atoms with Crippen LogP contribution in [-0.4, -0.2) is 43.7 Å². The normalized spacial score (nSPS) is 21.2. The third kappa shape index (κ3) is 3.44. The zero-order valence-corrected chi connectivity index (χ0v) is 14.0. The summed E-state index contributed by atoms with van der Waals surface area (Å²) in [5.74, 6) is 0.672. The van der Waals surface area contributed by atoms with Gasteiger partial charge in [0.25, 0.3) is 0 Å². The summed E-state index contributed by atoms with van der Waals surface area (Å²) in [7, 11) is 0. The van der Waals surface area contributed by atoms with Crippen LogP contribution in [0.15, 0.2) is 35.3 Å². The number of benzene rings is 1. The molecule has 5 heteroatoms. The minimum atomic E-state index is 0. The van der Waals surface area contributed by atoms with Crippen molar-refractivity contribution >= 4 is 29.9 Å². The molecule has 1 aromatic rings. The van der Waals surface area contributed by atoms with E-state index in [2.05, 4.69) is 40.2 Å². The van der Waals surface area contributed by atoms with E-state index in [9.17, 15) is 0 Å². The lowest BCUT2D eigenvalue weighted by Crippen LogP contribution is -2.45. The Kier molecular flexibility index (Phi) is 5.26. The highest BCUT2D eigenvalue weighted by Crippen LogP contribution is 2.48. The quantitative estimate of drug-likeness (QED) is 0.490. The summed E-state index contributed by atoms with van der Waals surface area (Å²) < 4.78 is 5.32. The molecule has 2 aliphatic rings. The zero-order chi connectivity index (χ0) is 13.1. The number of halogens is 1. The Morgan fingerprint density at radius 3 is 2.45 bits per heavy atom. The highest BCUT2D eigenvalue weighted by atomic mass is 127. The Morgan fingerprint density at radius 1 is 1.20 bits per heavy atom. The molecule has 0 unspecified atom stereocenters. The van der Waals surface area contributed by atoms with Gasteiger partial charge in [0.1, 0.15) is 0 Å². The lowest BCUT2D eigenvalue weighted by molar-refractivity contribution is 0.0674. The smallest absolute Gasteiger partial charge is 0.191 e. The van der Waals surface area contributed by atoms with Gasteiger partial charge in [-0.25, -0.2) is 0 Å². The van der Waals surface area contributed by atoms with Crippen LogP contribution in [0.2, 0.25) is 0 Å². The number of nitrogens with two attached hydrogens (primary N) is 1. The van der Waals surface area contributed by atoms with Crippen LogP contribution in [0.1, 0.15) is 18.4 Å². The molecule has 1 aliphatic heterocycles. The molecule has 0 spiro atoms. The number of aliphatic imine (C=N–C) groups is 1. The van der Waals surface area contributed by atoms with Gasteiger partial charge in [-0.1, -0.05) is 30.3 Å². The van der Waals surface area contributed by atoms with Gasteiger partial charge in [-0.15, -0.1) is 24.0 Å². The number of morpholine rings is 1. The van der Waals surface area contributed by atoms with Crippen LogP contribution in [0.25, 0.3) is 0 Å². The van der Waals surface area contributed by atoms with E-state index in [0.29, 0.717) is 5.96 Å². The summed E-state index contributed by atoms with van der Waals surface area (Å²) in [6.07, 6.45) is 2.44. The first-order valence-corrected chi connectivity index (χ1v) is 6.98. The van der Waals surface area contributed by atoms with E-state index in [1.807, 2.05) is 0 Å². The van der Waals surface area contributed by atoms with Gasteiger partial charge in [-0.3, -0.25) is 4.99 Å². The van der Waals surface area contributed by atoms with Crippen LogP contribution in [0, 0.1) is 0 Å². The van der Waals surface area contributed by atoms with Crippen molar-refractivity contribution < 1.29 is 4.74 Å². The molecular weight excluding hydrogens is 365 g/mol. The summed E-state index contributed by atoms with van der Waals surface area (Å²) in [5, 5.41) is 0. The molecule has 20 heavy (non-hydrogen) atoms. The molecule has 1 aliphatic carbocycles. The maximum absolute atomic E-state index is 6.08. The van der Waals surface area contributed by atoms with E-state index >= 15 is 0 Å². The van der Waals surface area contributed by atoms with Crippen molar-refractivity contribution in [2.24, 2.45) is 10.7 Å². The van der Waals surface area contributed by atoms with Crippen LogP contribution in [0.3, 0.4) is 0 Å². The fraction of sp³-hybridized carbons (Fsp3) is 0.533. The third-order valence-corrected chi connectivity index (χ3v) is 4.12. The van der Waals surface area contributed by atoms with Crippen LogP contribution >= 0.6 is 24.0 Å². The highest BCUT2D eigenvalue weighted by molar-refractivity contribution is 14.0. The van der Waals surface area contributed by atoms with Crippen molar-refractivity contribution in [3.63, 3.8) is 0 Å². The summed E-state index contributed by atoms with van der Waals surface area (Å²) in [6, 6.07) is 10.7. The summed E-state index contributed by atoms with van der Waals surface area (Å²) >= 11 is 0. The Morgan fingerprint density at radius 2 is 1.85 bits per heavy atom. The van der Waals surface area contributed by atoms with E-state index in [1.54, 1.807) is 0 Å². The Hall–Kier alpha value is -0.820. The van der Waals surface area contributed by atoms with Crippen molar-refractivity contribution in [3.8, 4) is 0 Å². The number of hydrogen-bond acceptors (Lipinski definition) is 2. The average molecular weight is 387 g/mol. The van der Waals surface area contributed by atoms with Crippen molar-refractivity contribution in [1.29, 1.82) is 0 Å². The molecule has 2 N–H and O–H groups in total. The molecule has 2 fully saturated rings. The zero-order valence-electron chi connectivity index (χ0n) is 11.6. The molecule has 1 saturated carbocycles. The fourth-order valence-corrected chi connectivity index (χ4v) is 2.61. The Labute approximate surface area is 137 Å². The molecule has 110 valence electrons. The fourth-order valence-electron chi connectivity index (χ4n) is 2.61. The van der Waals surface area contributed by atoms with Gasteiger partial charge in [-0.05, 0) is 18.4 Å². The van der Waals surface area contributed by atoms with Crippen LogP contribution in [0.5, 0.6) is 0 Å². The minimum Gasteiger partial charge on any atom is -0.378 e. The monoisotopic (exact) mass is 387 g/mol. The van der Waals surface area contributed by atoms with E-state index in [4.69, 9.17) is 10.5 Å². The van der Waals surface area contributed by atoms with E-state index in [-0.39, 0.29) is 29.4 Å². The predicted octanol–water partition coefficient (Wildman–Crippen LogP) is 1.98. The second-order valence-electron chi connectivity index (χ2n) is 5.42. The van der Waals surface area contributed by atoms with E-state index in [0.717, 1.165) is 32.8 Å². The molecule has 1 aromatic carbocycles. The standard InChI is InChI=1S/C15H21N3O.HI/c16-14(18-8-10-19-11-9-18)17-12-15(6-7-15)13-4-2-1-3-5-13;/h1-5H,6-12H2,(H2,16,17);1H. The first-order chi connectivity index (χ1) is 9.30. The number of nitrogens with zero attached hydrogens (tertiary/aromatic N) is 2. The van der Waals surface area contributed by atoms with Crippen LogP contribution in [-0.2, 0) is 10.2 Å². The van der Waals surface area contributed by atoms with Gasteiger partial charge in [0.05, 0.1) is 19.8 Å². The molecule has 0 aromatic heterocycles. The van der Waals surface area contributed by atoms with Gasteiger partial charge in [-0.2, -0.15) is 0 Å². The number of ether oxygens (including phenoxy) is 1. The average Bonchev–Trinajstić information content (AvgIpc) is 3.28. The molecule has 0 bridgehead atoms. The molecule has 1 heterocycles. The van der Waals surface area contributed by atoms with Crippen LogP contribution < -0.4 is 5.73 Å². The SMILES string of the molecule is I.NC(=NCC1(c2ccccc2)CC1)N1CCOCC1. The number of guanidine groups is 1. The molecule has 1 saturated heterocycles. The molecule has 0 atom stereocenters. The van der Waals surface area contributed by atoms with Crippen molar-refractivity contribution in [3.05, 3.63) is 35.9 Å². The molecule has 0 amide bonds. The van der Waals surface area contributed by atoms with E-state index < -0.39 is 0 Å². The lowest BCUT2D eigenvalue weighted by atomic mass is 9.96. The van der Waals surface area contributed by atoms with Crippen molar-refractivity contribution in [1.82, 2.24) is 4.90 Å². The summed E-state index contributed by atoms with van der Waals surface area (Å²) in [4.78, 5) is 6.74. The second kappa shape index (κ2) is 6.76. The summed E-state index contributed by atoms with van der Waals surface area (Å²) in [5.41, 5.74) is 7.73.